The van der Waals surface area contributed by atoms with Crippen LogP contribution in [0.15, 0.2) is 30.7 Å². The Balaban J connectivity index is 1.61. The number of nitrogens with zero attached hydrogens (tertiary/aromatic N) is 7. The number of hydrogen-bond donors (Lipinski definition) is 0. The number of fused-ring (bicyclic) bond motifs is 1. The van der Waals surface area contributed by atoms with Crippen molar-refractivity contribution in [3.8, 4) is 0 Å². The third kappa shape index (κ3) is 2.33. The molecule has 4 rings (SSSR count). The molecule has 24 heavy (non-hydrogen) atoms. The molecule has 3 aromatic rings. The summed E-state index contributed by atoms with van der Waals surface area (Å²) in [6.07, 6.45) is 4.95. The van der Waals surface area contributed by atoms with Crippen molar-refractivity contribution in [1.29, 1.82) is 0 Å². The molecule has 1 aliphatic rings. The number of amides is 1. The van der Waals surface area contributed by atoms with Gasteiger partial charge in [-0.2, -0.15) is 14.8 Å². The van der Waals surface area contributed by atoms with Crippen LogP contribution in [-0.4, -0.2) is 66.9 Å². The summed E-state index contributed by atoms with van der Waals surface area (Å²) in [7, 11) is 3.48. The van der Waals surface area contributed by atoms with E-state index in [0.29, 0.717) is 24.2 Å². The highest BCUT2D eigenvalue weighted by Gasteiger charge is 2.38. The molecule has 1 amide bonds. The van der Waals surface area contributed by atoms with Crippen LogP contribution in [0.25, 0.3) is 5.52 Å². The molecule has 0 radical (unpaired) electrons. The van der Waals surface area contributed by atoms with Crippen LogP contribution in [0.4, 0.5) is 0 Å². The van der Waals surface area contributed by atoms with Crippen molar-refractivity contribution < 1.29 is 9.53 Å². The summed E-state index contributed by atoms with van der Waals surface area (Å²) in [5.74, 6) is -0.0703. The van der Waals surface area contributed by atoms with Crippen LogP contribution >= 0.6 is 0 Å². The van der Waals surface area contributed by atoms with Crippen LogP contribution in [0.5, 0.6) is 0 Å². The van der Waals surface area contributed by atoms with Crippen LogP contribution in [0.2, 0.25) is 0 Å². The summed E-state index contributed by atoms with van der Waals surface area (Å²) in [6, 6.07) is 3.62. The molecule has 1 fully saturated rings. The minimum absolute atomic E-state index is 0.00705. The summed E-state index contributed by atoms with van der Waals surface area (Å²) in [5.41, 5.74) is 2.07. The van der Waals surface area contributed by atoms with E-state index in [4.69, 9.17) is 4.74 Å². The summed E-state index contributed by atoms with van der Waals surface area (Å²) >= 11 is 0. The zero-order chi connectivity index (χ0) is 16.7. The van der Waals surface area contributed by atoms with Crippen molar-refractivity contribution in [2.75, 3.05) is 20.2 Å². The molecule has 0 spiro atoms. The van der Waals surface area contributed by atoms with E-state index in [9.17, 15) is 4.79 Å². The highest BCUT2D eigenvalue weighted by molar-refractivity contribution is 6.00. The average Bonchev–Trinajstić information content (AvgIpc) is 3.31. The lowest BCUT2D eigenvalue weighted by molar-refractivity contribution is 0.0716. The highest BCUT2D eigenvalue weighted by Crippen LogP contribution is 2.29. The molecule has 0 saturated carbocycles. The molecule has 4 heterocycles. The first-order valence-electron chi connectivity index (χ1n) is 7.64. The minimum atomic E-state index is -0.106. The Morgan fingerprint density at radius 1 is 1.33 bits per heavy atom. The van der Waals surface area contributed by atoms with Gasteiger partial charge in [0.15, 0.2) is 0 Å². The first kappa shape index (κ1) is 14.8. The SMILES string of the molecule is CO[C@@H]1CN(C(=O)c2cnn3ncccc23)C[C@H]1c1cn(C)nn1. The van der Waals surface area contributed by atoms with Gasteiger partial charge in [0.2, 0.25) is 0 Å². The van der Waals surface area contributed by atoms with E-state index in [2.05, 4.69) is 20.5 Å². The van der Waals surface area contributed by atoms with Gasteiger partial charge in [-0.05, 0) is 12.1 Å². The van der Waals surface area contributed by atoms with Gasteiger partial charge in [-0.25, -0.2) is 0 Å². The van der Waals surface area contributed by atoms with Gasteiger partial charge in [0, 0.05) is 39.6 Å². The summed E-state index contributed by atoms with van der Waals surface area (Å²) in [4.78, 5) is 14.7. The van der Waals surface area contributed by atoms with Crippen LogP contribution in [0.3, 0.4) is 0 Å². The van der Waals surface area contributed by atoms with Gasteiger partial charge in [-0.3, -0.25) is 9.48 Å². The number of hydrogen-bond acceptors (Lipinski definition) is 6. The molecular formula is C15H17N7O2. The number of rotatable bonds is 3. The van der Waals surface area contributed by atoms with Gasteiger partial charge in [-0.15, -0.1) is 5.10 Å². The van der Waals surface area contributed by atoms with Crippen molar-refractivity contribution in [3.63, 3.8) is 0 Å². The fourth-order valence-corrected chi connectivity index (χ4v) is 3.17. The number of aromatic nitrogens is 6. The molecule has 3 aromatic heterocycles. The predicted octanol–water partition coefficient (Wildman–Crippen LogP) is 0.112. The van der Waals surface area contributed by atoms with Crippen LogP contribution in [-0.2, 0) is 11.8 Å². The monoisotopic (exact) mass is 327 g/mol. The third-order valence-electron chi connectivity index (χ3n) is 4.39. The Kier molecular flexibility index (Phi) is 3.49. The summed E-state index contributed by atoms with van der Waals surface area (Å²) in [5, 5.41) is 16.4. The van der Waals surface area contributed by atoms with Crippen LogP contribution < -0.4 is 0 Å². The molecule has 1 aliphatic heterocycles. The van der Waals surface area contributed by atoms with E-state index in [1.54, 1.807) is 35.2 Å². The highest BCUT2D eigenvalue weighted by atomic mass is 16.5. The van der Waals surface area contributed by atoms with E-state index in [1.807, 2.05) is 19.3 Å². The predicted molar refractivity (Wildman–Crippen MR) is 83.4 cm³/mol. The second-order valence-corrected chi connectivity index (χ2v) is 5.86. The normalized spacial score (nSPS) is 20.8. The van der Waals surface area contributed by atoms with Gasteiger partial charge >= 0.3 is 0 Å². The maximum absolute atomic E-state index is 12.9. The molecule has 9 heteroatoms. The smallest absolute Gasteiger partial charge is 0.257 e. The van der Waals surface area contributed by atoms with Gasteiger partial charge in [0.1, 0.15) is 5.52 Å². The molecule has 0 aromatic carbocycles. The second kappa shape index (κ2) is 5.68. The van der Waals surface area contributed by atoms with Crippen LogP contribution in [0, 0.1) is 0 Å². The van der Waals surface area contributed by atoms with Crippen molar-refractivity contribution in [2.45, 2.75) is 12.0 Å². The van der Waals surface area contributed by atoms with Gasteiger partial charge in [0.25, 0.3) is 5.91 Å². The molecule has 124 valence electrons. The summed E-state index contributed by atoms with van der Waals surface area (Å²) < 4.78 is 8.68. The molecule has 0 unspecified atom stereocenters. The van der Waals surface area contributed by atoms with Crippen molar-refractivity contribution in [1.82, 2.24) is 34.7 Å². The Morgan fingerprint density at radius 3 is 2.96 bits per heavy atom. The molecule has 0 aliphatic carbocycles. The fraction of sp³-hybridized carbons (Fsp3) is 0.400. The lowest BCUT2D eigenvalue weighted by Gasteiger charge is -2.14. The number of carbonyl (C=O) groups excluding carboxylic acids is 1. The third-order valence-corrected chi connectivity index (χ3v) is 4.39. The van der Waals surface area contributed by atoms with Crippen molar-refractivity contribution >= 4 is 11.4 Å². The molecule has 2 atom stereocenters. The number of aryl methyl sites for hydroxylation is 1. The lowest BCUT2D eigenvalue weighted by Crippen LogP contribution is -2.29. The lowest BCUT2D eigenvalue weighted by atomic mass is 10.0. The molecule has 1 saturated heterocycles. The van der Waals surface area contributed by atoms with Gasteiger partial charge in [0.05, 0.1) is 29.5 Å². The molecule has 0 N–H and O–H groups in total. The first-order chi connectivity index (χ1) is 11.7. The van der Waals surface area contributed by atoms with Gasteiger partial charge < -0.3 is 9.64 Å². The topological polar surface area (TPSA) is 90.4 Å². The summed E-state index contributed by atoms with van der Waals surface area (Å²) in [6.45, 7) is 1.04. The molecular weight excluding hydrogens is 310 g/mol. The van der Waals surface area contributed by atoms with E-state index in [0.717, 1.165) is 5.69 Å². The maximum Gasteiger partial charge on any atom is 0.257 e. The van der Waals surface area contributed by atoms with Crippen molar-refractivity contribution in [2.24, 2.45) is 7.05 Å². The maximum atomic E-state index is 12.9. The minimum Gasteiger partial charge on any atom is -0.379 e. The number of carbonyl (C=O) groups is 1. The average molecular weight is 327 g/mol. The zero-order valence-electron chi connectivity index (χ0n) is 13.4. The van der Waals surface area contributed by atoms with Gasteiger partial charge in [-0.1, -0.05) is 5.21 Å². The Morgan fingerprint density at radius 2 is 2.21 bits per heavy atom. The largest absolute Gasteiger partial charge is 0.379 e. The molecule has 9 nitrogen and oxygen atoms in total. The second-order valence-electron chi connectivity index (χ2n) is 5.86. The number of methoxy groups -OCH3 is 1. The first-order valence-corrected chi connectivity index (χ1v) is 7.64. The number of likely N-dealkylation sites (tertiary alicyclic amines) is 1. The Hall–Kier alpha value is -2.81. The van der Waals surface area contributed by atoms with E-state index in [-0.39, 0.29) is 17.9 Å². The Labute approximate surface area is 137 Å². The quantitative estimate of drug-likeness (QED) is 0.678. The molecule has 0 bridgehead atoms. The standard InChI is InChI=1S/C15H17N7O2/c1-20-8-12(18-19-20)11-7-21(9-14(11)24-2)15(23)10-6-17-22-13(10)4-3-5-16-22/h3-6,8,11,14H,7,9H2,1-2H3/t11-,14+/m0/s1. The van der Waals surface area contributed by atoms with E-state index < -0.39 is 0 Å². The zero-order valence-corrected chi connectivity index (χ0v) is 13.4. The number of ether oxygens (including phenoxy) is 1. The Bertz CT molecular complexity index is 887. The van der Waals surface area contributed by atoms with Crippen molar-refractivity contribution in [3.05, 3.63) is 42.0 Å². The van der Waals surface area contributed by atoms with E-state index >= 15 is 0 Å². The fourth-order valence-electron chi connectivity index (χ4n) is 3.17. The van der Waals surface area contributed by atoms with Crippen LogP contribution in [0.1, 0.15) is 22.0 Å². The van der Waals surface area contributed by atoms with E-state index in [1.165, 1.54) is 4.63 Å².